The molecule has 0 spiro atoms. The summed E-state index contributed by atoms with van der Waals surface area (Å²) in [6.45, 7) is 0.543. The van der Waals surface area contributed by atoms with Crippen LogP contribution in [-0.4, -0.2) is 48.5 Å². The Morgan fingerprint density at radius 3 is 2.55 bits per heavy atom. The van der Waals surface area contributed by atoms with Gasteiger partial charge in [-0.1, -0.05) is 48.5 Å². The van der Waals surface area contributed by atoms with Gasteiger partial charge in [-0.05, 0) is 30.0 Å². The highest BCUT2D eigenvalue weighted by Crippen LogP contribution is 2.21. The smallest absolute Gasteiger partial charge is 0.410 e. The number of nitrogens with two attached hydrogens (primary N) is 1. The summed E-state index contributed by atoms with van der Waals surface area (Å²) in [5, 5.41) is 2.70. The molecule has 0 radical (unpaired) electrons. The summed E-state index contributed by atoms with van der Waals surface area (Å²) in [4.78, 5) is 38.8. The number of likely N-dealkylation sites (tertiary alicyclic amines) is 1. The number of hydrogen-bond acceptors (Lipinski definition) is 5. The van der Waals surface area contributed by atoms with E-state index in [4.69, 9.17) is 15.2 Å². The third-order valence-electron chi connectivity index (χ3n) is 5.27. The molecule has 8 heteroatoms. The monoisotopic (exact) mass is 425 g/mol. The minimum absolute atomic E-state index is 0.127. The lowest BCUT2D eigenvalue weighted by Crippen LogP contribution is -2.53. The Bertz CT molecular complexity index is 918. The van der Waals surface area contributed by atoms with E-state index in [2.05, 4.69) is 5.32 Å². The SMILES string of the molecule is COc1ccccc1C[C@@H](NC(=O)[C@H]1CCCN1C(=O)OCc1ccccc1)C(N)=O. The first-order chi connectivity index (χ1) is 15.0. The van der Waals surface area contributed by atoms with Crippen molar-refractivity contribution in [3.63, 3.8) is 0 Å². The number of nitrogens with zero attached hydrogens (tertiary/aromatic N) is 1. The zero-order valence-electron chi connectivity index (χ0n) is 17.5. The average molecular weight is 425 g/mol. The lowest BCUT2D eigenvalue weighted by Gasteiger charge is -2.25. The minimum atomic E-state index is -0.924. The summed E-state index contributed by atoms with van der Waals surface area (Å²) in [5.74, 6) is -0.474. The fourth-order valence-electron chi connectivity index (χ4n) is 3.64. The highest BCUT2D eigenvalue weighted by molar-refractivity contribution is 5.91. The Kier molecular flexibility index (Phi) is 7.48. The predicted octanol–water partition coefficient (Wildman–Crippen LogP) is 2.01. The molecule has 0 bridgehead atoms. The molecule has 2 atom stereocenters. The van der Waals surface area contributed by atoms with Gasteiger partial charge < -0.3 is 20.5 Å². The molecule has 8 nitrogen and oxygen atoms in total. The van der Waals surface area contributed by atoms with Crippen molar-refractivity contribution in [3.05, 3.63) is 65.7 Å². The summed E-state index contributed by atoms with van der Waals surface area (Å²) >= 11 is 0. The molecule has 0 aliphatic carbocycles. The van der Waals surface area contributed by atoms with Gasteiger partial charge in [-0.3, -0.25) is 14.5 Å². The third kappa shape index (κ3) is 5.75. The summed E-state index contributed by atoms with van der Waals surface area (Å²) in [6.07, 6.45) is 0.802. The molecule has 164 valence electrons. The second-order valence-electron chi connectivity index (χ2n) is 7.37. The van der Waals surface area contributed by atoms with Gasteiger partial charge in [0.1, 0.15) is 24.4 Å². The second-order valence-corrected chi connectivity index (χ2v) is 7.37. The van der Waals surface area contributed by atoms with Gasteiger partial charge in [0.15, 0.2) is 0 Å². The number of hydrogen-bond donors (Lipinski definition) is 2. The molecule has 3 rings (SSSR count). The lowest BCUT2D eigenvalue weighted by molar-refractivity contribution is -0.130. The molecule has 2 aromatic carbocycles. The van der Waals surface area contributed by atoms with E-state index in [1.165, 1.54) is 12.0 Å². The normalized spacial score (nSPS) is 16.4. The van der Waals surface area contributed by atoms with Crippen LogP contribution in [-0.2, 0) is 27.4 Å². The summed E-state index contributed by atoms with van der Waals surface area (Å²) in [6, 6.07) is 14.9. The highest BCUT2D eigenvalue weighted by atomic mass is 16.6. The number of ether oxygens (including phenoxy) is 2. The van der Waals surface area contributed by atoms with Crippen LogP contribution in [0.3, 0.4) is 0 Å². The first-order valence-corrected chi connectivity index (χ1v) is 10.2. The van der Waals surface area contributed by atoms with E-state index in [-0.39, 0.29) is 13.0 Å². The molecule has 1 aliphatic rings. The fourth-order valence-corrected chi connectivity index (χ4v) is 3.64. The van der Waals surface area contributed by atoms with Crippen molar-refractivity contribution in [3.8, 4) is 5.75 Å². The van der Waals surface area contributed by atoms with Crippen LogP contribution < -0.4 is 15.8 Å². The summed E-state index contributed by atoms with van der Waals surface area (Å²) < 4.78 is 10.7. The zero-order valence-corrected chi connectivity index (χ0v) is 17.5. The third-order valence-corrected chi connectivity index (χ3v) is 5.27. The molecule has 0 unspecified atom stereocenters. The first-order valence-electron chi connectivity index (χ1n) is 10.2. The molecule has 2 aromatic rings. The van der Waals surface area contributed by atoms with Crippen LogP contribution in [0.2, 0.25) is 0 Å². The molecule has 31 heavy (non-hydrogen) atoms. The van der Waals surface area contributed by atoms with Crippen molar-refractivity contribution in [2.75, 3.05) is 13.7 Å². The number of rotatable bonds is 8. The topological polar surface area (TPSA) is 111 Å². The maximum absolute atomic E-state index is 12.9. The maximum atomic E-state index is 12.9. The van der Waals surface area contributed by atoms with Gasteiger partial charge in [-0.15, -0.1) is 0 Å². The highest BCUT2D eigenvalue weighted by Gasteiger charge is 2.36. The summed E-state index contributed by atoms with van der Waals surface area (Å²) in [5.41, 5.74) is 7.14. The standard InChI is InChI=1S/C23H27N3O5/c1-30-20-12-6-5-10-17(20)14-18(21(24)27)25-22(28)19-11-7-13-26(19)23(29)31-15-16-8-3-2-4-9-16/h2-6,8-10,12,18-19H,7,11,13-15H2,1H3,(H2,24,27)(H,25,28)/t18-,19-/m1/s1. The Morgan fingerprint density at radius 2 is 1.84 bits per heavy atom. The van der Waals surface area contributed by atoms with E-state index >= 15 is 0 Å². The van der Waals surface area contributed by atoms with Crippen molar-refractivity contribution in [2.24, 2.45) is 5.73 Å². The first kappa shape index (κ1) is 22.1. The van der Waals surface area contributed by atoms with Gasteiger partial charge in [-0.2, -0.15) is 0 Å². The number of carbonyl (C=O) groups is 3. The van der Waals surface area contributed by atoms with Crippen LogP contribution in [0.5, 0.6) is 5.75 Å². The number of methoxy groups -OCH3 is 1. The van der Waals surface area contributed by atoms with E-state index in [0.717, 1.165) is 11.1 Å². The molecule has 1 fully saturated rings. The minimum Gasteiger partial charge on any atom is -0.496 e. The molecule has 0 saturated carbocycles. The van der Waals surface area contributed by atoms with E-state index in [1.54, 1.807) is 6.07 Å². The van der Waals surface area contributed by atoms with E-state index in [0.29, 0.717) is 25.1 Å². The van der Waals surface area contributed by atoms with Crippen LogP contribution in [0.15, 0.2) is 54.6 Å². The molecule has 1 saturated heterocycles. The van der Waals surface area contributed by atoms with Gasteiger partial charge in [0.2, 0.25) is 11.8 Å². The van der Waals surface area contributed by atoms with Crippen molar-refractivity contribution >= 4 is 17.9 Å². The van der Waals surface area contributed by atoms with Gasteiger partial charge in [0, 0.05) is 13.0 Å². The Morgan fingerprint density at radius 1 is 1.13 bits per heavy atom. The van der Waals surface area contributed by atoms with E-state index in [9.17, 15) is 14.4 Å². The number of para-hydroxylation sites is 1. The van der Waals surface area contributed by atoms with Gasteiger partial charge in [0.05, 0.1) is 7.11 Å². The fraction of sp³-hybridized carbons (Fsp3) is 0.348. The van der Waals surface area contributed by atoms with Crippen LogP contribution in [0.4, 0.5) is 4.79 Å². The van der Waals surface area contributed by atoms with Gasteiger partial charge in [0.25, 0.3) is 0 Å². The molecular weight excluding hydrogens is 398 g/mol. The van der Waals surface area contributed by atoms with Crippen molar-refractivity contribution in [1.82, 2.24) is 10.2 Å². The number of amides is 3. The van der Waals surface area contributed by atoms with Crippen LogP contribution in [0, 0.1) is 0 Å². The maximum Gasteiger partial charge on any atom is 0.410 e. The second kappa shape index (κ2) is 10.5. The zero-order chi connectivity index (χ0) is 22.2. The lowest BCUT2D eigenvalue weighted by atomic mass is 10.0. The molecular formula is C23H27N3O5. The van der Waals surface area contributed by atoms with Crippen molar-refractivity contribution in [1.29, 1.82) is 0 Å². The Balaban J connectivity index is 1.62. The van der Waals surface area contributed by atoms with Crippen molar-refractivity contribution < 1.29 is 23.9 Å². The van der Waals surface area contributed by atoms with Crippen LogP contribution in [0.25, 0.3) is 0 Å². The van der Waals surface area contributed by atoms with Gasteiger partial charge in [-0.25, -0.2) is 4.79 Å². The molecule has 1 aliphatic heterocycles. The number of nitrogens with one attached hydrogen (secondary N) is 1. The Labute approximate surface area is 181 Å². The number of primary amides is 1. The predicted molar refractivity (Wildman–Crippen MR) is 114 cm³/mol. The average Bonchev–Trinajstić information content (AvgIpc) is 3.28. The van der Waals surface area contributed by atoms with Crippen LogP contribution in [0.1, 0.15) is 24.0 Å². The van der Waals surface area contributed by atoms with Crippen LogP contribution >= 0.6 is 0 Å². The molecule has 3 amide bonds. The molecule has 3 N–H and O–H groups in total. The summed E-state index contributed by atoms with van der Waals surface area (Å²) in [7, 11) is 1.54. The number of carbonyl (C=O) groups excluding carboxylic acids is 3. The molecule has 0 aromatic heterocycles. The Hall–Kier alpha value is -3.55. The molecule has 1 heterocycles. The quantitative estimate of drug-likeness (QED) is 0.672. The van der Waals surface area contributed by atoms with Crippen molar-refractivity contribution in [2.45, 2.75) is 38.0 Å². The largest absolute Gasteiger partial charge is 0.496 e. The van der Waals surface area contributed by atoms with Gasteiger partial charge >= 0.3 is 6.09 Å². The van der Waals surface area contributed by atoms with E-state index in [1.807, 2.05) is 48.5 Å². The number of benzene rings is 2. The van der Waals surface area contributed by atoms with E-state index < -0.39 is 30.0 Å².